The minimum atomic E-state index is -0.270. The highest BCUT2D eigenvalue weighted by molar-refractivity contribution is 7.15. The molecule has 0 bridgehead atoms. The summed E-state index contributed by atoms with van der Waals surface area (Å²) >= 11 is 1.51. The molecule has 1 unspecified atom stereocenters. The molecule has 0 fully saturated rings. The topological polar surface area (TPSA) is 63.2 Å². The molecule has 0 spiro atoms. The van der Waals surface area contributed by atoms with Crippen molar-refractivity contribution in [3.8, 4) is 10.6 Å². The van der Waals surface area contributed by atoms with Gasteiger partial charge in [-0.25, -0.2) is 9.37 Å². The van der Waals surface area contributed by atoms with Crippen LogP contribution in [0, 0.1) is 12.7 Å². The van der Waals surface area contributed by atoms with E-state index in [4.69, 9.17) is 4.74 Å². The Kier molecular flexibility index (Phi) is 8.99. The molecular formula is C17H23ClFN3O2S. The Morgan fingerprint density at radius 1 is 1.36 bits per heavy atom. The van der Waals surface area contributed by atoms with Crippen LogP contribution in [0.1, 0.15) is 23.5 Å². The Bertz CT molecular complexity index is 679. The van der Waals surface area contributed by atoms with Gasteiger partial charge in [-0.05, 0) is 38.1 Å². The molecule has 0 saturated heterocycles. The van der Waals surface area contributed by atoms with Gasteiger partial charge in [0.25, 0.3) is 0 Å². The van der Waals surface area contributed by atoms with Crippen LogP contribution >= 0.6 is 23.7 Å². The Morgan fingerprint density at radius 3 is 2.68 bits per heavy atom. The van der Waals surface area contributed by atoms with Crippen molar-refractivity contribution in [2.24, 2.45) is 0 Å². The molecule has 1 heterocycles. The fraction of sp³-hybridized carbons (Fsp3) is 0.412. The van der Waals surface area contributed by atoms with E-state index in [-0.39, 0.29) is 36.7 Å². The van der Waals surface area contributed by atoms with Crippen molar-refractivity contribution in [3.63, 3.8) is 0 Å². The number of carbonyl (C=O) groups is 1. The molecule has 1 amide bonds. The van der Waals surface area contributed by atoms with Crippen LogP contribution < -0.4 is 10.6 Å². The average Bonchev–Trinajstić information content (AvgIpc) is 2.94. The van der Waals surface area contributed by atoms with Crippen LogP contribution in [0.15, 0.2) is 24.3 Å². The number of halogens is 2. The molecule has 1 aromatic carbocycles. The molecule has 138 valence electrons. The van der Waals surface area contributed by atoms with E-state index < -0.39 is 0 Å². The molecule has 5 nitrogen and oxygen atoms in total. The number of amides is 1. The normalized spacial score (nSPS) is 11.7. The van der Waals surface area contributed by atoms with E-state index in [0.29, 0.717) is 13.2 Å². The van der Waals surface area contributed by atoms with E-state index in [1.165, 1.54) is 23.5 Å². The molecule has 8 heteroatoms. The predicted molar refractivity (Wildman–Crippen MR) is 101 cm³/mol. The fourth-order valence-electron chi connectivity index (χ4n) is 2.26. The summed E-state index contributed by atoms with van der Waals surface area (Å²) in [4.78, 5) is 17.5. The highest BCUT2D eigenvalue weighted by Gasteiger charge is 2.17. The minimum Gasteiger partial charge on any atom is -0.383 e. The lowest BCUT2D eigenvalue weighted by Gasteiger charge is -2.13. The number of rotatable bonds is 8. The third-order valence-corrected chi connectivity index (χ3v) is 4.85. The van der Waals surface area contributed by atoms with Gasteiger partial charge in [0, 0.05) is 19.2 Å². The molecule has 25 heavy (non-hydrogen) atoms. The van der Waals surface area contributed by atoms with Gasteiger partial charge in [0.15, 0.2) is 0 Å². The van der Waals surface area contributed by atoms with Crippen molar-refractivity contribution in [1.29, 1.82) is 0 Å². The zero-order valence-electron chi connectivity index (χ0n) is 14.5. The largest absolute Gasteiger partial charge is 0.383 e. The van der Waals surface area contributed by atoms with Crippen LogP contribution in [0.25, 0.3) is 10.6 Å². The van der Waals surface area contributed by atoms with E-state index in [2.05, 4.69) is 15.6 Å². The molecule has 2 aromatic rings. The van der Waals surface area contributed by atoms with Crippen LogP contribution in [0.4, 0.5) is 4.39 Å². The van der Waals surface area contributed by atoms with Crippen molar-refractivity contribution < 1.29 is 13.9 Å². The summed E-state index contributed by atoms with van der Waals surface area (Å²) in [5.41, 5.74) is 1.75. The Hall–Kier alpha value is -1.54. The number of aromatic nitrogens is 1. The zero-order chi connectivity index (χ0) is 17.5. The van der Waals surface area contributed by atoms with Crippen LogP contribution in [-0.4, -0.2) is 37.7 Å². The smallest absolute Gasteiger partial charge is 0.234 e. The first kappa shape index (κ1) is 21.5. The second kappa shape index (κ2) is 10.5. The Morgan fingerprint density at radius 2 is 2.04 bits per heavy atom. The number of benzene rings is 1. The van der Waals surface area contributed by atoms with Crippen molar-refractivity contribution in [3.05, 3.63) is 40.7 Å². The van der Waals surface area contributed by atoms with Crippen molar-refractivity contribution >= 4 is 29.7 Å². The van der Waals surface area contributed by atoms with Crippen LogP contribution in [0.2, 0.25) is 0 Å². The summed E-state index contributed by atoms with van der Waals surface area (Å²) in [6, 6.07) is 6.12. The molecular weight excluding hydrogens is 365 g/mol. The number of hydrogen-bond acceptors (Lipinski definition) is 5. The first-order chi connectivity index (χ1) is 11.5. The van der Waals surface area contributed by atoms with E-state index in [1.54, 1.807) is 19.2 Å². The minimum absolute atomic E-state index is 0. The van der Waals surface area contributed by atoms with Gasteiger partial charge in [-0.2, -0.15) is 0 Å². The summed E-state index contributed by atoms with van der Waals surface area (Å²) < 4.78 is 17.9. The third-order valence-electron chi connectivity index (χ3n) is 3.46. The lowest BCUT2D eigenvalue weighted by molar-refractivity contribution is -0.120. The lowest BCUT2D eigenvalue weighted by atomic mass is 10.2. The number of aryl methyl sites for hydroxylation is 1. The van der Waals surface area contributed by atoms with Gasteiger partial charge in [0.1, 0.15) is 10.8 Å². The Balaban J connectivity index is 0.00000312. The standard InChI is InChI=1S/C17H22FN3O2S.ClH/c1-11(20-15(22)10-19-8-9-23-3)16-12(2)21-17(24-16)13-4-6-14(18)7-5-13;/h4-7,11,19H,8-10H2,1-3H3,(H,20,22);1H. The van der Waals surface area contributed by atoms with Gasteiger partial charge in [-0.1, -0.05) is 0 Å². The first-order valence-corrected chi connectivity index (χ1v) is 8.55. The monoisotopic (exact) mass is 387 g/mol. The zero-order valence-corrected chi connectivity index (χ0v) is 16.1. The number of carbonyl (C=O) groups excluding carboxylic acids is 1. The van der Waals surface area contributed by atoms with Crippen LogP contribution in [0.3, 0.4) is 0 Å². The quantitative estimate of drug-likeness (QED) is 0.683. The molecule has 1 atom stereocenters. The SMILES string of the molecule is COCCNCC(=O)NC(C)c1sc(-c2ccc(F)cc2)nc1C.Cl. The predicted octanol–water partition coefficient (Wildman–Crippen LogP) is 3.09. The number of ether oxygens (including phenoxy) is 1. The molecule has 2 rings (SSSR count). The summed E-state index contributed by atoms with van der Waals surface area (Å²) in [6.45, 7) is 5.29. The van der Waals surface area contributed by atoms with E-state index >= 15 is 0 Å². The number of nitrogens with one attached hydrogen (secondary N) is 2. The first-order valence-electron chi connectivity index (χ1n) is 7.73. The van der Waals surface area contributed by atoms with Gasteiger partial charge in [-0.15, -0.1) is 23.7 Å². The highest BCUT2D eigenvalue weighted by Crippen LogP contribution is 2.31. The molecule has 0 aliphatic rings. The van der Waals surface area contributed by atoms with Gasteiger partial charge >= 0.3 is 0 Å². The summed E-state index contributed by atoms with van der Waals surface area (Å²) in [5.74, 6) is -0.344. The molecule has 0 aliphatic heterocycles. The molecule has 1 aromatic heterocycles. The summed E-state index contributed by atoms with van der Waals surface area (Å²) in [5, 5.41) is 6.79. The number of hydrogen-bond donors (Lipinski definition) is 2. The van der Waals surface area contributed by atoms with Crippen molar-refractivity contribution in [2.45, 2.75) is 19.9 Å². The lowest BCUT2D eigenvalue weighted by Crippen LogP contribution is -2.36. The summed E-state index contributed by atoms with van der Waals surface area (Å²) in [6.07, 6.45) is 0. The van der Waals surface area contributed by atoms with Gasteiger partial charge in [0.2, 0.25) is 5.91 Å². The second-order valence-corrected chi connectivity index (χ2v) is 6.46. The number of methoxy groups -OCH3 is 1. The maximum absolute atomic E-state index is 13.0. The summed E-state index contributed by atoms with van der Waals surface area (Å²) in [7, 11) is 1.62. The van der Waals surface area contributed by atoms with Crippen LogP contribution in [0.5, 0.6) is 0 Å². The average molecular weight is 388 g/mol. The molecule has 0 saturated carbocycles. The third kappa shape index (κ3) is 6.36. The van der Waals surface area contributed by atoms with Crippen LogP contribution in [-0.2, 0) is 9.53 Å². The van der Waals surface area contributed by atoms with Gasteiger partial charge in [-0.3, -0.25) is 4.79 Å². The van der Waals surface area contributed by atoms with E-state index in [1.807, 2.05) is 13.8 Å². The van der Waals surface area contributed by atoms with Gasteiger partial charge < -0.3 is 15.4 Å². The van der Waals surface area contributed by atoms with E-state index in [9.17, 15) is 9.18 Å². The maximum atomic E-state index is 13.0. The number of nitrogens with zero attached hydrogens (tertiary/aromatic N) is 1. The van der Waals surface area contributed by atoms with Gasteiger partial charge in [0.05, 0.1) is 29.8 Å². The molecule has 2 N–H and O–H groups in total. The second-order valence-electron chi connectivity index (χ2n) is 5.43. The Labute approximate surface area is 157 Å². The number of thiazole rings is 1. The molecule has 0 aliphatic carbocycles. The fourth-order valence-corrected chi connectivity index (χ4v) is 3.33. The highest BCUT2D eigenvalue weighted by atomic mass is 35.5. The molecule has 0 radical (unpaired) electrons. The van der Waals surface area contributed by atoms with Crippen molar-refractivity contribution in [2.75, 3.05) is 26.8 Å². The maximum Gasteiger partial charge on any atom is 0.234 e. The van der Waals surface area contributed by atoms with E-state index in [0.717, 1.165) is 21.1 Å². The van der Waals surface area contributed by atoms with Crippen molar-refractivity contribution in [1.82, 2.24) is 15.6 Å².